The minimum Gasteiger partial charge on any atom is -0.497 e. The number of nitrogens with zero attached hydrogens (tertiary/aromatic N) is 1. The van der Waals surface area contributed by atoms with Crippen LogP contribution >= 0.6 is 0 Å². The Hall–Kier alpha value is -1.73. The summed E-state index contributed by atoms with van der Waals surface area (Å²) in [5.74, 6) is 1.64. The Labute approximate surface area is 120 Å². The predicted molar refractivity (Wildman–Crippen MR) is 77.9 cm³/mol. The monoisotopic (exact) mass is 274 g/mol. The van der Waals surface area contributed by atoms with Crippen molar-refractivity contribution in [3.05, 3.63) is 24.3 Å². The first-order valence-electron chi connectivity index (χ1n) is 7.06. The van der Waals surface area contributed by atoms with E-state index < -0.39 is 5.54 Å². The summed E-state index contributed by atoms with van der Waals surface area (Å²) >= 11 is 0. The van der Waals surface area contributed by atoms with Crippen molar-refractivity contribution in [1.82, 2.24) is 5.32 Å². The van der Waals surface area contributed by atoms with Crippen molar-refractivity contribution < 1.29 is 9.47 Å². The topological polar surface area (TPSA) is 54.3 Å². The molecule has 1 aromatic rings. The second kappa shape index (κ2) is 6.15. The van der Waals surface area contributed by atoms with Crippen molar-refractivity contribution in [2.75, 3.05) is 7.11 Å². The van der Waals surface area contributed by atoms with Crippen LogP contribution < -0.4 is 14.8 Å². The van der Waals surface area contributed by atoms with Gasteiger partial charge >= 0.3 is 0 Å². The maximum Gasteiger partial charge on any atom is 0.119 e. The fraction of sp³-hybridized carbons (Fsp3) is 0.562. The Bertz CT molecular complexity index is 478. The van der Waals surface area contributed by atoms with Gasteiger partial charge in [-0.3, -0.25) is 5.32 Å². The molecule has 1 aliphatic carbocycles. The van der Waals surface area contributed by atoms with Crippen LogP contribution in [0.2, 0.25) is 0 Å². The zero-order valence-corrected chi connectivity index (χ0v) is 12.3. The molecular formula is C16H22N2O2. The highest BCUT2D eigenvalue weighted by Crippen LogP contribution is 2.33. The SMILES string of the molecule is COc1ccc(OC2CCC(C#N)(NC(C)C)C2)cc1. The van der Waals surface area contributed by atoms with Gasteiger partial charge in [-0.1, -0.05) is 0 Å². The number of hydrogen-bond acceptors (Lipinski definition) is 4. The molecule has 0 radical (unpaired) electrons. The van der Waals surface area contributed by atoms with Gasteiger partial charge in [0.1, 0.15) is 23.1 Å². The van der Waals surface area contributed by atoms with Gasteiger partial charge in [0.25, 0.3) is 0 Å². The maximum absolute atomic E-state index is 9.43. The molecule has 0 aliphatic heterocycles. The molecular weight excluding hydrogens is 252 g/mol. The lowest BCUT2D eigenvalue weighted by molar-refractivity contribution is 0.199. The quantitative estimate of drug-likeness (QED) is 0.897. The first-order valence-corrected chi connectivity index (χ1v) is 7.06. The smallest absolute Gasteiger partial charge is 0.119 e. The Morgan fingerprint density at radius 1 is 1.30 bits per heavy atom. The molecule has 0 bridgehead atoms. The van der Waals surface area contributed by atoms with Crippen molar-refractivity contribution in [3.8, 4) is 17.6 Å². The molecule has 108 valence electrons. The fourth-order valence-electron chi connectivity index (χ4n) is 2.77. The summed E-state index contributed by atoms with van der Waals surface area (Å²) in [6, 6.07) is 10.3. The van der Waals surface area contributed by atoms with Crippen molar-refractivity contribution >= 4 is 0 Å². The van der Waals surface area contributed by atoms with Gasteiger partial charge in [-0.15, -0.1) is 0 Å². The van der Waals surface area contributed by atoms with Gasteiger partial charge in [0.15, 0.2) is 0 Å². The first-order chi connectivity index (χ1) is 9.57. The van der Waals surface area contributed by atoms with Crippen LogP contribution in [0.15, 0.2) is 24.3 Å². The number of ether oxygens (including phenoxy) is 2. The lowest BCUT2D eigenvalue weighted by Crippen LogP contribution is -2.46. The molecule has 2 unspecified atom stereocenters. The van der Waals surface area contributed by atoms with Crippen LogP contribution in [0.4, 0.5) is 0 Å². The van der Waals surface area contributed by atoms with Crippen LogP contribution in [0.25, 0.3) is 0 Å². The van der Waals surface area contributed by atoms with Crippen LogP contribution in [0.3, 0.4) is 0 Å². The van der Waals surface area contributed by atoms with Gasteiger partial charge in [0, 0.05) is 12.5 Å². The predicted octanol–water partition coefficient (Wildman–Crippen LogP) is 2.89. The zero-order chi connectivity index (χ0) is 14.6. The van der Waals surface area contributed by atoms with E-state index in [1.807, 2.05) is 24.3 Å². The second-order valence-electron chi connectivity index (χ2n) is 5.65. The van der Waals surface area contributed by atoms with E-state index in [0.29, 0.717) is 6.04 Å². The lowest BCUT2D eigenvalue weighted by Gasteiger charge is -2.25. The highest BCUT2D eigenvalue weighted by atomic mass is 16.5. The Morgan fingerprint density at radius 3 is 2.50 bits per heavy atom. The highest BCUT2D eigenvalue weighted by molar-refractivity contribution is 5.31. The van der Waals surface area contributed by atoms with E-state index in [-0.39, 0.29) is 6.10 Å². The summed E-state index contributed by atoms with van der Waals surface area (Å²) in [7, 11) is 1.64. The maximum atomic E-state index is 9.43. The van der Waals surface area contributed by atoms with Crippen molar-refractivity contribution in [2.45, 2.75) is 50.8 Å². The number of rotatable bonds is 5. The van der Waals surface area contributed by atoms with E-state index in [1.54, 1.807) is 7.11 Å². The van der Waals surface area contributed by atoms with E-state index in [4.69, 9.17) is 9.47 Å². The molecule has 1 aromatic carbocycles. The van der Waals surface area contributed by atoms with Crippen LogP contribution in [0.1, 0.15) is 33.1 Å². The molecule has 1 N–H and O–H groups in total. The number of hydrogen-bond donors (Lipinski definition) is 1. The van der Waals surface area contributed by atoms with Gasteiger partial charge in [0.2, 0.25) is 0 Å². The number of benzene rings is 1. The van der Waals surface area contributed by atoms with Crippen molar-refractivity contribution in [1.29, 1.82) is 5.26 Å². The average Bonchev–Trinajstić information content (AvgIpc) is 2.82. The lowest BCUT2D eigenvalue weighted by atomic mass is 9.98. The minimum absolute atomic E-state index is 0.0919. The number of nitriles is 1. The molecule has 0 saturated heterocycles. The van der Waals surface area contributed by atoms with Gasteiger partial charge in [-0.05, 0) is 51.0 Å². The van der Waals surface area contributed by atoms with Crippen LogP contribution in [0, 0.1) is 11.3 Å². The molecule has 0 amide bonds. The summed E-state index contributed by atoms with van der Waals surface area (Å²) in [6.07, 6.45) is 2.56. The third kappa shape index (κ3) is 3.43. The fourth-order valence-corrected chi connectivity index (χ4v) is 2.77. The average molecular weight is 274 g/mol. The van der Waals surface area contributed by atoms with E-state index in [2.05, 4.69) is 25.2 Å². The van der Waals surface area contributed by atoms with Gasteiger partial charge in [0.05, 0.1) is 13.2 Å². The third-order valence-electron chi connectivity index (χ3n) is 3.61. The zero-order valence-electron chi connectivity index (χ0n) is 12.3. The van der Waals surface area contributed by atoms with E-state index >= 15 is 0 Å². The van der Waals surface area contributed by atoms with Crippen LogP contribution in [0.5, 0.6) is 11.5 Å². The largest absolute Gasteiger partial charge is 0.497 e. The summed E-state index contributed by atoms with van der Waals surface area (Å²) in [5, 5.41) is 12.8. The Balaban J connectivity index is 1.97. The highest BCUT2D eigenvalue weighted by Gasteiger charge is 2.40. The van der Waals surface area contributed by atoms with Crippen molar-refractivity contribution in [3.63, 3.8) is 0 Å². The molecule has 4 heteroatoms. The van der Waals surface area contributed by atoms with Gasteiger partial charge in [-0.2, -0.15) is 5.26 Å². The molecule has 0 aromatic heterocycles. The number of nitrogens with one attached hydrogen (secondary N) is 1. The molecule has 1 fully saturated rings. The van der Waals surface area contributed by atoms with Gasteiger partial charge < -0.3 is 9.47 Å². The summed E-state index contributed by atoms with van der Waals surface area (Å²) in [6.45, 7) is 4.13. The number of methoxy groups -OCH3 is 1. The van der Waals surface area contributed by atoms with E-state index in [9.17, 15) is 5.26 Å². The standard InChI is InChI=1S/C16H22N2O2/c1-12(2)18-16(11-17)9-8-15(10-16)20-14-6-4-13(19-3)5-7-14/h4-7,12,15,18H,8-10H2,1-3H3. The second-order valence-corrected chi connectivity index (χ2v) is 5.65. The molecule has 4 nitrogen and oxygen atoms in total. The molecule has 2 atom stereocenters. The first kappa shape index (κ1) is 14.7. The minimum atomic E-state index is -0.439. The molecule has 0 spiro atoms. The van der Waals surface area contributed by atoms with E-state index in [1.165, 1.54) is 0 Å². The molecule has 1 aliphatic rings. The normalized spacial score (nSPS) is 25.4. The Morgan fingerprint density at radius 2 is 1.95 bits per heavy atom. The third-order valence-corrected chi connectivity index (χ3v) is 3.61. The van der Waals surface area contributed by atoms with Crippen molar-refractivity contribution in [2.24, 2.45) is 0 Å². The molecule has 0 heterocycles. The molecule has 2 rings (SSSR count). The van der Waals surface area contributed by atoms with Gasteiger partial charge in [-0.25, -0.2) is 0 Å². The molecule has 20 heavy (non-hydrogen) atoms. The summed E-state index contributed by atoms with van der Waals surface area (Å²) in [4.78, 5) is 0. The van der Waals surface area contributed by atoms with Crippen LogP contribution in [-0.2, 0) is 0 Å². The van der Waals surface area contributed by atoms with Crippen LogP contribution in [-0.4, -0.2) is 24.8 Å². The summed E-state index contributed by atoms with van der Waals surface area (Å²) in [5.41, 5.74) is -0.439. The summed E-state index contributed by atoms with van der Waals surface area (Å²) < 4.78 is 11.1. The Kier molecular flexibility index (Phi) is 4.51. The molecule has 1 saturated carbocycles. The van der Waals surface area contributed by atoms with E-state index in [0.717, 1.165) is 30.8 Å².